The molecule has 1 heterocycles. The second kappa shape index (κ2) is 7.85. The number of esters is 1. The van der Waals surface area contributed by atoms with E-state index in [9.17, 15) is 13.2 Å². The molecule has 8 heteroatoms. The largest absolute Gasteiger partial charge is 0.462 e. The molecule has 0 unspecified atom stereocenters. The lowest BCUT2D eigenvalue weighted by atomic mass is 10.2. The molecule has 0 atom stereocenters. The number of anilines is 1. The Morgan fingerprint density at radius 1 is 1.45 bits per heavy atom. The van der Waals surface area contributed by atoms with Gasteiger partial charge in [0.25, 0.3) is 0 Å². The van der Waals surface area contributed by atoms with Crippen molar-refractivity contribution in [1.29, 1.82) is 0 Å². The van der Waals surface area contributed by atoms with Gasteiger partial charge in [0.1, 0.15) is 5.00 Å². The molecule has 1 rings (SSSR count). The Balaban J connectivity index is 2.98. The van der Waals surface area contributed by atoms with Gasteiger partial charge in [-0.05, 0) is 25.8 Å². The summed E-state index contributed by atoms with van der Waals surface area (Å²) in [7, 11) is -3.49. The standard InChI is InChI=1S/C12H18ClNO4S2/c1-3-9-8-10(12(15)18-4-2)11(19-9)14-20(16,17)7-5-6-13/h8,14H,3-7H2,1-2H3. The van der Waals surface area contributed by atoms with Crippen molar-refractivity contribution in [2.75, 3.05) is 23.0 Å². The highest BCUT2D eigenvalue weighted by Gasteiger charge is 2.20. The van der Waals surface area contributed by atoms with E-state index < -0.39 is 16.0 Å². The Hall–Kier alpha value is -0.790. The summed E-state index contributed by atoms with van der Waals surface area (Å²) in [4.78, 5) is 12.7. The molecule has 0 aromatic carbocycles. The van der Waals surface area contributed by atoms with E-state index in [0.717, 1.165) is 11.3 Å². The summed E-state index contributed by atoms with van der Waals surface area (Å²) >= 11 is 6.75. The van der Waals surface area contributed by atoms with E-state index in [-0.39, 0.29) is 23.8 Å². The van der Waals surface area contributed by atoms with Crippen molar-refractivity contribution < 1.29 is 17.9 Å². The second-order valence-electron chi connectivity index (χ2n) is 3.99. The molecule has 0 saturated heterocycles. The zero-order chi connectivity index (χ0) is 15.2. The lowest BCUT2D eigenvalue weighted by molar-refractivity contribution is 0.0528. The number of carbonyl (C=O) groups is 1. The van der Waals surface area contributed by atoms with Gasteiger partial charge in [0.15, 0.2) is 0 Å². The number of aryl methyl sites for hydroxylation is 1. The van der Waals surface area contributed by atoms with Crippen LogP contribution in [-0.4, -0.2) is 32.6 Å². The third-order valence-electron chi connectivity index (χ3n) is 2.42. The second-order valence-corrected chi connectivity index (χ2v) is 7.35. The molecule has 5 nitrogen and oxygen atoms in total. The van der Waals surface area contributed by atoms with E-state index >= 15 is 0 Å². The van der Waals surface area contributed by atoms with Gasteiger partial charge in [-0.1, -0.05) is 6.92 Å². The Kier molecular flexibility index (Phi) is 6.78. The summed E-state index contributed by atoms with van der Waals surface area (Å²) in [6.45, 7) is 3.89. The monoisotopic (exact) mass is 339 g/mol. The van der Waals surface area contributed by atoms with Crippen LogP contribution in [0.5, 0.6) is 0 Å². The number of hydrogen-bond acceptors (Lipinski definition) is 5. The third-order valence-corrected chi connectivity index (χ3v) is 5.35. The van der Waals surface area contributed by atoms with Gasteiger partial charge < -0.3 is 4.74 Å². The van der Waals surface area contributed by atoms with Gasteiger partial charge in [-0.25, -0.2) is 13.2 Å². The maximum Gasteiger partial charge on any atom is 0.341 e. The first-order valence-corrected chi connectivity index (χ1v) is 9.30. The average Bonchev–Trinajstić information content (AvgIpc) is 2.79. The Morgan fingerprint density at radius 2 is 2.15 bits per heavy atom. The van der Waals surface area contributed by atoms with Crippen molar-refractivity contribution in [3.8, 4) is 0 Å². The number of halogens is 1. The van der Waals surface area contributed by atoms with Crippen molar-refractivity contribution in [1.82, 2.24) is 0 Å². The maximum absolute atomic E-state index is 11.9. The first-order valence-electron chi connectivity index (χ1n) is 6.29. The van der Waals surface area contributed by atoms with E-state index in [1.54, 1.807) is 13.0 Å². The fourth-order valence-corrected chi connectivity index (χ4v) is 4.18. The normalized spacial score (nSPS) is 11.3. The van der Waals surface area contributed by atoms with Gasteiger partial charge in [0, 0.05) is 10.8 Å². The third kappa shape index (κ3) is 4.96. The number of rotatable bonds is 8. The van der Waals surface area contributed by atoms with E-state index in [4.69, 9.17) is 16.3 Å². The van der Waals surface area contributed by atoms with Crippen LogP contribution in [0.3, 0.4) is 0 Å². The van der Waals surface area contributed by atoms with Gasteiger partial charge >= 0.3 is 5.97 Å². The van der Waals surface area contributed by atoms with Gasteiger partial charge in [-0.15, -0.1) is 22.9 Å². The summed E-state index contributed by atoms with van der Waals surface area (Å²) in [5.41, 5.74) is 0.267. The number of nitrogens with one attached hydrogen (secondary N) is 1. The fourth-order valence-electron chi connectivity index (χ4n) is 1.49. The highest BCUT2D eigenvalue weighted by atomic mass is 35.5. The first kappa shape index (κ1) is 17.3. The number of alkyl halides is 1. The first-order chi connectivity index (χ1) is 9.43. The zero-order valence-electron chi connectivity index (χ0n) is 11.4. The molecule has 0 bridgehead atoms. The fraction of sp³-hybridized carbons (Fsp3) is 0.583. The molecule has 114 valence electrons. The van der Waals surface area contributed by atoms with Gasteiger partial charge in [-0.3, -0.25) is 4.72 Å². The molecule has 0 radical (unpaired) electrons. The number of hydrogen-bond donors (Lipinski definition) is 1. The lowest BCUT2D eigenvalue weighted by Crippen LogP contribution is -2.18. The summed E-state index contributed by atoms with van der Waals surface area (Å²) in [5.74, 6) is -0.312. The number of carbonyl (C=O) groups excluding carboxylic acids is 1. The molecule has 0 aliphatic carbocycles. The Morgan fingerprint density at radius 3 is 2.70 bits per heavy atom. The number of ether oxygens (including phenoxy) is 1. The van der Waals surface area contributed by atoms with Crippen LogP contribution in [0.1, 0.15) is 35.5 Å². The van der Waals surface area contributed by atoms with Crippen molar-refractivity contribution >= 4 is 43.9 Å². The molecule has 0 aliphatic rings. The predicted octanol–water partition coefficient (Wildman–Crippen LogP) is 2.86. The Bertz CT molecular complexity index is 554. The van der Waals surface area contributed by atoms with Gasteiger partial charge in [0.05, 0.1) is 17.9 Å². The minimum atomic E-state index is -3.49. The van der Waals surface area contributed by atoms with Crippen molar-refractivity contribution in [2.45, 2.75) is 26.7 Å². The zero-order valence-corrected chi connectivity index (χ0v) is 13.8. The van der Waals surface area contributed by atoms with Crippen LogP contribution in [0.2, 0.25) is 0 Å². The molecular weight excluding hydrogens is 322 g/mol. The van der Waals surface area contributed by atoms with Gasteiger partial charge in [-0.2, -0.15) is 0 Å². The van der Waals surface area contributed by atoms with Crippen molar-refractivity contribution in [3.63, 3.8) is 0 Å². The highest BCUT2D eigenvalue weighted by molar-refractivity contribution is 7.92. The molecule has 1 aromatic heterocycles. The summed E-state index contributed by atoms with van der Waals surface area (Å²) in [6.07, 6.45) is 1.08. The molecular formula is C12H18ClNO4S2. The number of thiophene rings is 1. The summed E-state index contributed by atoms with van der Waals surface area (Å²) in [5, 5.41) is 0.315. The van der Waals surface area contributed by atoms with E-state index in [1.807, 2.05) is 6.92 Å². The van der Waals surface area contributed by atoms with E-state index in [0.29, 0.717) is 11.4 Å². The van der Waals surface area contributed by atoms with Crippen molar-refractivity contribution in [3.05, 3.63) is 16.5 Å². The van der Waals surface area contributed by atoms with Crippen LogP contribution in [0.4, 0.5) is 5.00 Å². The van der Waals surface area contributed by atoms with Crippen LogP contribution in [0.25, 0.3) is 0 Å². The molecule has 1 aromatic rings. The topological polar surface area (TPSA) is 72.5 Å². The Labute approximate surface area is 128 Å². The van der Waals surface area contributed by atoms with Crippen LogP contribution in [0.15, 0.2) is 6.07 Å². The minimum absolute atomic E-state index is 0.0713. The molecule has 0 saturated carbocycles. The highest BCUT2D eigenvalue weighted by Crippen LogP contribution is 2.30. The van der Waals surface area contributed by atoms with Gasteiger partial charge in [0.2, 0.25) is 10.0 Å². The molecule has 1 N–H and O–H groups in total. The SMILES string of the molecule is CCOC(=O)c1cc(CC)sc1NS(=O)(=O)CCCCl. The molecule has 0 fully saturated rings. The molecule has 0 spiro atoms. The smallest absolute Gasteiger partial charge is 0.341 e. The van der Waals surface area contributed by atoms with E-state index in [1.165, 1.54) is 11.3 Å². The predicted molar refractivity (Wildman–Crippen MR) is 82.4 cm³/mol. The lowest BCUT2D eigenvalue weighted by Gasteiger charge is -2.07. The van der Waals surface area contributed by atoms with E-state index in [2.05, 4.69) is 4.72 Å². The molecule has 0 aliphatic heterocycles. The summed E-state index contributed by atoms with van der Waals surface area (Å²) in [6, 6.07) is 1.67. The summed E-state index contributed by atoms with van der Waals surface area (Å²) < 4.78 is 31.1. The van der Waals surface area contributed by atoms with Crippen LogP contribution in [-0.2, 0) is 21.2 Å². The van der Waals surface area contributed by atoms with Crippen LogP contribution >= 0.6 is 22.9 Å². The molecule has 20 heavy (non-hydrogen) atoms. The minimum Gasteiger partial charge on any atom is -0.462 e. The number of sulfonamides is 1. The maximum atomic E-state index is 11.9. The van der Waals surface area contributed by atoms with Crippen LogP contribution < -0.4 is 4.72 Å². The average molecular weight is 340 g/mol. The molecule has 0 amide bonds. The quantitative estimate of drug-likeness (QED) is 0.584. The van der Waals surface area contributed by atoms with Crippen LogP contribution in [0, 0.1) is 0 Å². The van der Waals surface area contributed by atoms with Crippen molar-refractivity contribution in [2.24, 2.45) is 0 Å².